The van der Waals surface area contributed by atoms with Crippen LogP contribution < -0.4 is 0 Å². The molecule has 2 aliphatic rings. The Morgan fingerprint density at radius 2 is 1.81 bits per heavy atom. The molecule has 1 aromatic carbocycles. The zero-order valence-electron chi connectivity index (χ0n) is 17.3. The highest BCUT2D eigenvalue weighted by Crippen LogP contribution is 2.18. The van der Waals surface area contributed by atoms with Gasteiger partial charge in [-0.15, -0.1) is 0 Å². The highest BCUT2D eigenvalue weighted by Gasteiger charge is 2.31. The Bertz CT molecular complexity index is 999. The molecule has 1 fully saturated rings. The third kappa shape index (κ3) is 4.37. The second-order valence-corrected chi connectivity index (χ2v) is 7.47. The van der Waals surface area contributed by atoms with Crippen molar-refractivity contribution < 1.29 is 23.5 Å². The summed E-state index contributed by atoms with van der Waals surface area (Å²) in [5.74, 6) is -0.855. The van der Waals surface area contributed by atoms with Gasteiger partial charge in [0.15, 0.2) is 5.69 Å². The van der Waals surface area contributed by atoms with Crippen molar-refractivity contribution >= 4 is 17.9 Å². The van der Waals surface area contributed by atoms with Crippen LogP contribution in [0.3, 0.4) is 0 Å². The summed E-state index contributed by atoms with van der Waals surface area (Å²) in [7, 11) is 0. The highest BCUT2D eigenvalue weighted by atomic mass is 19.1. The average molecular weight is 429 g/mol. The molecule has 0 N–H and O–H groups in total. The summed E-state index contributed by atoms with van der Waals surface area (Å²) < 4.78 is 20.0. The Hall–Kier alpha value is -3.43. The van der Waals surface area contributed by atoms with Crippen LogP contribution in [-0.2, 0) is 17.8 Å². The number of benzene rings is 1. The molecule has 4 rings (SSSR count). The molecule has 0 atom stereocenters. The third-order valence-electron chi connectivity index (χ3n) is 5.44. The second kappa shape index (κ2) is 8.75. The average Bonchev–Trinajstić information content (AvgIpc) is 3.21. The van der Waals surface area contributed by atoms with E-state index >= 15 is 0 Å². The molecule has 3 amide bonds. The van der Waals surface area contributed by atoms with Gasteiger partial charge in [-0.25, -0.2) is 9.18 Å². The molecule has 0 radical (unpaired) electrons. The van der Waals surface area contributed by atoms with Gasteiger partial charge in [0.2, 0.25) is 0 Å². The molecule has 0 saturated carbocycles. The molecule has 0 spiro atoms. The van der Waals surface area contributed by atoms with Gasteiger partial charge in [-0.05, 0) is 24.6 Å². The summed E-state index contributed by atoms with van der Waals surface area (Å²) in [4.78, 5) is 42.4. The largest absolute Gasteiger partial charge is 0.450 e. The van der Waals surface area contributed by atoms with Crippen molar-refractivity contribution in [3.8, 4) is 0 Å². The van der Waals surface area contributed by atoms with E-state index in [4.69, 9.17) is 4.74 Å². The summed E-state index contributed by atoms with van der Waals surface area (Å²) in [5, 5.41) is 4.33. The van der Waals surface area contributed by atoms with Gasteiger partial charge in [-0.1, -0.05) is 12.1 Å². The topological polar surface area (TPSA) is 88.0 Å². The first-order valence-corrected chi connectivity index (χ1v) is 10.3. The van der Waals surface area contributed by atoms with Crippen LogP contribution in [0.5, 0.6) is 0 Å². The molecule has 0 unspecified atom stereocenters. The first kappa shape index (κ1) is 20.8. The summed E-state index contributed by atoms with van der Waals surface area (Å²) in [6.45, 7) is 4.76. The maximum absolute atomic E-state index is 13.4. The lowest BCUT2D eigenvalue weighted by molar-refractivity contribution is 0.0564. The van der Waals surface area contributed by atoms with Crippen molar-refractivity contribution in [2.45, 2.75) is 20.0 Å². The van der Waals surface area contributed by atoms with Gasteiger partial charge in [0.05, 0.1) is 13.2 Å². The SMILES string of the molecule is CCOC(=O)N1CCN(C(=O)c2cc3n(n2)CCN(Cc2cccc(F)c2)C3=O)CC1. The molecule has 1 aromatic heterocycles. The molecule has 3 heterocycles. The van der Waals surface area contributed by atoms with E-state index in [0.29, 0.717) is 63.7 Å². The molecule has 9 nitrogen and oxygen atoms in total. The third-order valence-corrected chi connectivity index (χ3v) is 5.44. The number of nitrogens with zero attached hydrogens (tertiary/aromatic N) is 5. The van der Waals surface area contributed by atoms with Gasteiger partial charge < -0.3 is 19.4 Å². The van der Waals surface area contributed by atoms with E-state index in [-0.39, 0.29) is 29.4 Å². The highest BCUT2D eigenvalue weighted by molar-refractivity contribution is 5.98. The fourth-order valence-corrected chi connectivity index (χ4v) is 3.82. The van der Waals surface area contributed by atoms with Crippen molar-refractivity contribution in [1.29, 1.82) is 0 Å². The van der Waals surface area contributed by atoms with Crippen molar-refractivity contribution in [1.82, 2.24) is 24.5 Å². The molecule has 31 heavy (non-hydrogen) atoms. The summed E-state index contributed by atoms with van der Waals surface area (Å²) in [5.41, 5.74) is 1.26. The number of halogens is 1. The summed E-state index contributed by atoms with van der Waals surface area (Å²) >= 11 is 0. The number of carbonyl (C=O) groups excluding carboxylic acids is 3. The number of piperazine rings is 1. The molecule has 164 valence electrons. The Kier molecular flexibility index (Phi) is 5.88. The van der Waals surface area contributed by atoms with Crippen LogP contribution in [0.2, 0.25) is 0 Å². The quantitative estimate of drug-likeness (QED) is 0.737. The fourth-order valence-electron chi connectivity index (χ4n) is 3.82. The molecule has 0 aliphatic carbocycles. The minimum atomic E-state index is -0.379. The standard InChI is InChI=1S/C21H24FN5O4/c1-2-31-21(30)25-8-6-24(7-9-25)19(28)17-13-18-20(29)26(10-11-27(18)23-17)14-15-4-3-5-16(22)12-15/h3-5,12-13H,2,6-11,14H2,1H3. The Labute approximate surface area is 179 Å². The number of hydrogen-bond acceptors (Lipinski definition) is 5. The fraction of sp³-hybridized carbons (Fsp3) is 0.429. The lowest BCUT2D eigenvalue weighted by atomic mass is 10.2. The number of carbonyl (C=O) groups is 3. The molecule has 2 aromatic rings. The molecule has 0 bridgehead atoms. The number of amides is 3. The first-order chi connectivity index (χ1) is 15.0. The summed E-state index contributed by atoms with van der Waals surface area (Å²) in [6, 6.07) is 7.67. The maximum atomic E-state index is 13.4. The van der Waals surface area contributed by atoms with E-state index in [1.54, 1.807) is 38.4 Å². The molecular weight excluding hydrogens is 405 g/mol. The van der Waals surface area contributed by atoms with Crippen LogP contribution in [-0.4, -0.2) is 81.7 Å². The van der Waals surface area contributed by atoms with Crippen LogP contribution in [0.1, 0.15) is 33.5 Å². The van der Waals surface area contributed by atoms with Crippen molar-refractivity contribution in [2.75, 3.05) is 39.3 Å². The minimum absolute atomic E-state index is 0.209. The van der Waals surface area contributed by atoms with Crippen LogP contribution in [0.25, 0.3) is 0 Å². The Morgan fingerprint density at radius 3 is 2.52 bits per heavy atom. The lowest BCUT2D eigenvalue weighted by Crippen LogP contribution is -2.50. The zero-order chi connectivity index (χ0) is 22.0. The van der Waals surface area contributed by atoms with Gasteiger partial charge in [-0.3, -0.25) is 14.3 Å². The Morgan fingerprint density at radius 1 is 1.06 bits per heavy atom. The van der Waals surface area contributed by atoms with E-state index in [1.807, 2.05) is 0 Å². The normalized spacial score (nSPS) is 16.3. The van der Waals surface area contributed by atoms with E-state index in [9.17, 15) is 18.8 Å². The van der Waals surface area contributed by atoms with Gasteiger partial charge in [0.1, 0.15) is 11.5 Å². The van der Waals surface area contributed by atoms with Crippen molar-refractivity contribution in [3.63, 3.8) is 0 Å². The van der Waals surface area contributed by atoms with Gasteiger partial charge in [-0.2, -0.15) is 5.10 Å². The molecule has 1 saturated heterocycles. The minimum Gasteiger partial charge on any atom is -0.450 e. The monoisotopic (exact) mass is 429 g/mol. The number of ether oxygens (including phenoxy) is 1. The number of rotatable bonds is 4. The lowest BCUT2D eigenvalue weighted by Gasteiger charge is -2.33. The van der Waals surface area contributed by atoms with Crippen LogP contribution in [0.4, 0.5) is 9.18 Å². The van der Waals surface area contributed by atoms with E-state index in [2.05, 4.69) is 5.10 Å². The first-order valence-electron chi connectivity index (χ1n) is 10.3. The van der Waals surface area contributed by atoms with Gasteiger partial charge in [0, 0.05) is 45.3 Å². The van der Waals surface area contributed by atoms with E-state index in [0.717, 1.165) is 0 Å². The molecule has 10 heteroatoms. The maximum Gasteiger partial charge on any atom is 0.409 e. The van der Waals surface area contributed by atoms with Crippen LogP contribution >= 0.6 is 0 Å². The number of aromatic nitrogens is 2. The predicted octanol–water partition coefficient (Wildman–Crippen LogP) is 1.59. The van der Waals surface area contributed by atoms with Crippen molar-refractivity contribution in [3.05, 3.63) is 53.1 Å². The molecule has 2 aliphatic heterocycles. The number of hydrogen-bond donors (Lipinski definition) is 0. The second-order valence-electron chi connectivity index (χ2n) is 7.47. The predicted molar refractivity (Wildman–Crippen MR) is 108 cm³/mol. The van der Waals surface area contributed by atoms with Crippen LogP contribution in [0.15, 0.2) is 30.3 Å². The zero-order valence-corrected chi connectivity index (χ0v) is 17.3. The Balaban J connectivity index is 1.41. The van der Waals surface area contributed by atoms with E-state index in [1.165, 1.54) is 18.2 Å². The molecular formula is C21H24FN5O4. The number of fused-ring (bicyclic) bond motifs is 1. The van der Waals surface area contributed by atoms with Crippen LogP contribution in [0, 0.1) is 5.82 Å². The smallest absolute Gasteiger partial charge is 0.409 e. The van der Waals surface area contributed by atoms with Gasteiger partial charge >= 0.3 is 6.09 Å². The summed E-state index contributed by atoms with van der Waals surface area (Å²) in [6.07, 6.45) is -0.379. The van der Waals surface area contributed by atoms with Gasteiger partial charge in [0.25, 0.3) is 11.8 Å². The van der Waals surface area contributed by atoms with E-state index < -0.39 is 0 Å². The van der Waals surface area contributed by atoms with Crippen molar-refractivity contribution in [2.24, 2.45) is 0 Å².